The van der Waals surface area contributed by atoms with Crippen molar-refractivity contribution < 1.29 is 4.79 Å². The first-order valence-electron chi connectivity index (χ1n) is 5.77. The van der Waals surface area contributed by atoms with E-state index in [0.29, 0.717) is 23.2 Å². The number of nitrogens with two attached hydrogens (primary N) is 1. The fourth-order valence-electron chi connectivity index (χ4n) is 1.61. The van der Waals surface area contributed by atoms with Crippen molar-refractivity contribution in [3.63, 3.8) is 0 Å². The number of carbonyl (C=O) groups excluding carboxylic acids is 1. The quantitative estimate of drug-likeness (QED) is 0.847. The highest BCUT2D eigenvalue weighted by Crippen LogP contribution is 2.36. The number of aromatic nitrogens is 2. The largest absolute Gasteiger partial charge is 0.330 e. The van der Waals surface area contributed by atoms with E-state index in [1.165, 1.54) is 11.8 Å². The molecule has 1 atom stereocenters. The van der Waals surface area contributed by atoms with Gasteiger partial charge < -0.3 is 11.1 Å². The first kappa shape index (κ1) is 20.3. The predicted octanol–water partition coefficient (Wildman–Crippen LogP) is 2.29. The van der Waals surface area contributed by atoms with Crippen LogP contribution in [0.15, 0.2) is 29.0 Å². The SMILES string of the molecule is Cl.Cl.NCCC1SC(Cl)=CN1C(=O)NCc1ncccn1. The van der Waals surface area contributed by atoms with Gasteiger partial charge in [0.05, 0.1) is 16.3 Å². The van der Waals surface area contributed by atoms with Gasteiger partial charge in [0.1, 0.15) is 5.82 Å². The van der Waals surface area contributed by atoms with Crippen LogP contribution in [0, 0.1) is 0 Å². The fraction of sp³-hybridized carbons (Fsp3) is 0.364. The van der Waals surface area contributed by atoms with Gasteiger partial charge in [-0.15, -0.1) is 24.8 Å². The molecule has 0 aromatic carbocycles. The van der Waals surface area contributed by atoms with E-state index in [2.05, 4.69) is 15.3 Å². The van der Waals surface area contributed by atoms with Crippen LogP contribution in [0.4, 0.5) is 4.79 Å². The number of hydrogen-bond donors (Lipinski definition) is 2. The molecule has 21 heavy (non-hydrogen) atoms. The zero-order valence-electron chi connectivity index (χ0n) is 10.9. The molecule has 0 aliphatic carbocycles. The van der Waals surface area contributed by atoms with Gasteiger partial charge in [-0.25, -0.2) is 14.8 Å². The highest BCUT2D eigenvalue weighted by Gasteiger charge is 2.28. The molecule has 0 bridgehead atoms. The van der Waals surface area contributed by atoms with Gasteiger partial charge in [0.2, 0.25) is 0 Å². The minimum absolute atomic E-state index is 0. The Balaban J connectivity index is 0.00000200. The van der Waals surface area contributed by atoms with Gasteiger partial charge in [0, 0.05) is 18.6 Å². The lowest BCUT2D eigenvalue weighted by atomic mass is 10.4. The summed E-state index contributed by atoms with van der Waals surface area (Å²) in [6.07, 6.45) is 5.57. The Kier molecular flexibility index (Phi) is 9.72. The number of nitrogens with zero attached hydrogens (tertiary/aromatic N) is 3. The molecule has 2 heterocycles. The zero-order valence-corrected chi connectivity index (χ0v) is 14.1. The molecule has 3 N–H and O–H groups in total. The van der Waals surface area contributed by atoms with Crippen LogP contribution in [0.5, 0.6) is 0 Å². The summed E-state index contributed by atoms with van der Waals surface area (Å²) in [7, 11) is 0. The van der Waals surface area contributed by atoms with Gasteiger partial charge in [-0.3, -0.25) is 4.90 Å². The fourth-order valence-corrected chi connectivity index (χ4v) is 2.98. The number of hydrogen-bond acceptors (Lipinski definition) is 5. The lowest BCUT2D eigenvalue weighted by Gasteiger charge is -2.22. The number of halogens is 3. The molecule has 6 nitrogen and oxygen atoms in total. The molecule has 0 spiro atoms. The molecule has 0 radical (unpaired) electrons. The van der Waals surface area contributed by atoms with Crippen LogP contribution in [0.25, 0.3) is 0 Å². The summed E-state index contributed by atoms with van der Waals surface area (Å²) in [6.45, 7) is 0.781. The summed E-state index contributed by atoms with van der Waals surface area (Å²) in [6, 6.07) is 1.50. The zero-order chi connectivity index (χ0) is 13.7. The molecule has 10 heteroatoms. The lowest BCUT2D eigenvalue weighted by molar-refractivity contribution is 0.211. The Morgan fingerprint density at radius 2 is 2.10 bits per heavy atom. The second-order valence-electron chi connectivity index (χ2n) is 3.81. The number of rotatable bonds is 4. The van der Waals surface area contributed by atoms with Crippen LogP contribution in [0.1, 0.15) is 12.2 Å². The van der Waals surface area contributed by atoms with Crippen molar-refractivity contribution in [2.24, 2.45) is 5.73 Å². The molecular formula is C11H16Cl3N5OS. The summed E-state index contributed by atoms with van der Waals surface area (Å²) in [5, 5.41) is 2.71. The van der Waals surface area contributed by atoms with Crippen molar-refractivity contribution >= 4 is 54.2 Å². The third-order valence-corrected chi connectivity index (χ3v) is 3.89. The van der Waals surface area contributed by atoms with E-state index in [1.807, 2.05) is 0 Å². The monoisotopic (exact) mass is 371 g/mol. The molecule has 0 fully saturated rings. The van der Waals surface area contributed by atoms with Crippen molar-refractivity contribution in [1.29, 1.82) is 0 Å². The van der Waals surface area contributed by atoms with E-state index in [-0.39, 0.29) is 42.8 Å². The maximum atomic E-state index is 12.1. The Hall–Kier alpha value is -0.730. The maximum absolute atomic E-state index is 12.1. The van der Waals surface area contributed by atoms with E-state index in [4.69, 9.17) is 17.3 Å². The Morgan fingerprint density at radius 1 is 1.43 bits per heavy atom. The molecule has 1 aromatic rings. The second kappa shape index (κ2) is 10.1. The van der Waals surface area contributed by atoms with Crippen molar-refractivity contribution in [1.82, 2.24) is 20.2 Å². The first-order chi connectivity index (χ1) is 9.20. The summed E-state index contributed by atoms with van der Waals surface area (Å²) in [5.41, 5.74) is 5.52. The van der Waals surface area contributed by atoms with Crippen molar-refractivity contribution in [2.75, 3.05) is 6.54 Å². The van der Waals surface area contributed by atoms with E-state index in [9.17, 15) is 4.79 Å². The van der Waals surface area contributed by atoms with Gasteiger partial charge in [-0.05, 0) is 19.0 Å². The van der Waals surface area contributed by atoms with Crippen LogP contribution >= 0.6 is 48.2 Å². The predicted molar refractivity (Wildman–Crippen MR) is 89.6 cm³/mol. The molecule has 2 amide bonds. The average Bonchev–Trinajstić information content (AvgIpc) is 2.79. The van der Waals surface area contributed by atoms with Gasteiger partial charge in [-0.1, -0.05) is 23.4 Å². The van der Waals surface area contributed by atoms with Gasteiger partial charge >= 0.3 is 6.03 Å². The number of amides is 2. The molecule has 0 saturated heterocycles. The molecular weight excluding hydrogens is 357 g/mol. The number of urea groups is 1. The van der Waals surface area contributed by atoms with Crippen LogP contribution in [-0.4, -0.2) is 32.8 Å². The summed E-state index contributed by atoms with van der Waals surface area (Å²) in [5.74, 6) is 0.563. The van der Waals surface area contributed by atoms with Crippen molar-refractivity contribution in [3.05, 3.63) is 34.8 Å². The highest BCUT2D eigenvalue weighted by molar-refractivity contribution is 8.05. The molecule has 118 valence electrons. The second-order valence-corrected chi connectivity index (χ2v) is 5.67. The standard InChI is InChI=1S/C11H14ClN5OS.2ClH/c12-8-7-17(10(19-8)2-3-13)11(18)16-6-9-14-4-1-5-15-9;;/h1,4-5,7,10H,2-3,6,13H2,(H,16,18);2*1H. The van der Waals surface area contributed by atoms with Crippen molar-refractivity contribution in [3.8, 4) is 0 Å². The summed E-state index contributed by atoms with van der Waals surface area (Å²) >= 11 is 7.36. The van der Waals surface area contributed by atoms with E-state index in [1.54, 1.807) is 29.6 Å². The molecule has 2 rings (SSSR count). The Bertz CT molecular complexity index is 476. The van der Waals surface area contributed by atoms with Crippen molar-refractivity contribution in [2.45, 2.75) is 18.3 Å². The Morgan fingerprint density at radius 3 is 2.71 bits per heavy atom. The molecule has 1 unspecified atom stereocenters. The van der Waals surface area contributed by atoms with Gasteiger partial charge in [0.15, 0.2) is 0 Å². The summed E-state index contributed by atoms with van der Waals surface area (Å²) < 4.78 is 0.588. The molecule has 0 saturated carbocycles. The number of nitrogens with one attached hydrogen (secondary N) is 1. The normalized spacial score (nSPS) is 16.6. The minimum Gasteiger partial charge on any atom is -0.330 e. The van der Waals surface area contributed by atoms with Crippen LogP contribution in [0.3, 0.4) is 0 Å². The molecule has 1 aliphatic rings. The lowest BCUT2D eigenvalue weighted by Crippen LogP contribution is -2.40. The van der Waals surface area contributed by atoms with E-state index < -0.39 is 0 Å². The number of thioether (sulfide) groups is 1. The Labute approximate surface area is 144 Å². The number of carbonyl (C=O) groups is 1. The van der Waals surface area contributed by atoms with Crippen LogP contribution in [-0.2, 0) is 6.54 Å². The van der Waals surface area contributed by atoms with E-state index in [0.717, 1.165) is 0 Å². The molecule has 1 aromatic heterocycles. The van der Waals surface area contributed by atoms with Gasteiger partial charge in [-0.2, -0.15) is 0 Å². The van der Waals surface area contributed by atoms with Crippen LogP contribution < -0.4 is 11.1 Å². The molecule has 1 aliphatic heterocycles. The van der Waals surface area contributed by atoms with Gasteiger partial charge in [0.25, 0.3) is 0 Å². The first-order valence-corrected chi connectivity index (χ1v) is 7.02. The third kappa shape index (κ3) is 5.88. The maximum Gasteiger partial charge on any atom is 0.322 e. The van der Waals surface area contributed by atoms with Crippen LogP contribution in [0.2, 0.25) is 0 Å². The minimum atomic E-state index is -0.228. The third-order valence-electron chi connectivity index (χ3n) is 2.46. The summed E-state index contributed by atoms with van der Waals surface area (Å²) in [4.78, 5) is 21.7. The topological polar surface area (TPSA) is 84.1 Å². The highest BCUT2D eigenvalue weighted by atomic mass is 35.5. The average molecular weight is 373 g/mol. The van der Waals surface area contributed by atoms with E-state index >= 15 is 0 Å². The smallest absolute Gasteiger partial charge is 0.322 e.